The van der Waals surface area contributed by atoms with Crippen molar-refractivity contribution >= 4 is 23.3 Å². The molecule has 7 nitrogen and oxygen atoms in total. The van der Waals surface area contributed by atoms with Gasteiger partial charge in [-0.1, -0.05) is 24.3 Å². The number of nitrogens with one attached hydrogen (secondary N) is 2. The zero-order valence-corrected chi connectivity index (χ0v) is 14.5. The van der Waals surface area contributed by atoms with E-state index in [1.54, 1.807) is 35.9 Å². The van der Waals surface area contributed by atoms with Gasteiger partial charge in [0, 0.05) is 11.4 Å². The minimum absolute atomic E-state index is 0.265. The Morgan fingerprint density at radius 2 is 1.62 bits per heavy atom. The van der Waals surface area contributed by atoms with E-state index in [0.29, 0.717) is 22.6 Å². The van der Waals surface area contributed by atoms with E-state index in [4.69, 9.17) is 5.73 Å². The van der Waals surface area contributed by atoms with E-state index >= 15 is 0 Å². The fraction of sp³-hybridized carbons (Fsp3) is 0.105. The number of nitrogens with zero attached hydrogens (tertiary/aromatic N) is 2. The van der Waals surface area contributed by atoms with Gasteiger partial charge >= 0.3 is 6.03 Å². The number of benzene rings is 2. The molecule has 0 saturated carbocycles. The highest BCUT2D eigenvalue weighted by atomic mass is 16.2. The molecule has 4 N–H and O–H groups in total. The van der Waals surface area contributed by atoms with Gasteiger partial charge in [-0.3, -0.25) is 4.79 Å². The van der Waals surface area contributed by atoms with Crippen molar-refractivity contribution < 1.29 is 9.59 Å². The summed E-state index contributed by atoms with van der Waals surface area (Å²) in [6.45, 7) is 3.65. The van der Waals surface area contributed by atoms with E-state index in [1.807, 2.05) is 37.3 Å². The number of para-hydroxylation sites is 1. The Balaban J connectivity index is 1.87. The smallest absolute Gasteiger partial charge is 0.316 e. The van der Waals surface area contributed by atoms with Gasteiger partial charge < -0.3 is 16.4 Å². The highest BCUT2D eigenvalue weighted by molar-refractivity contribution is 6.06. The van der Waals surface area contributed by atoms with E-state index in [-0.39, 0.29) is 5.91 Å². The lowest BCUT2D eigenvalue weighted by Crippen LogP contribution is -2.19. The first kappa shape index (κ1) is 17.2. The number of urea groups is 1. The minimum Gasteiger partial charge on any atom is -0.351 e. The maximum atomic E-state index is 12.8. The number of carbonyl (C=O) groups is 2. The molecule has 0 aliphatic rings. The van der Waals surface area contributed by atoms with Gasteiger partial charge in [0.05, 0.1) is 22.6 Å². The van der Waals surface area contributed by atoms with Crippen LogP contribution >= 0.6 is 0 Å². The average molecular weight is 349 g/mol. The van der Waals surface area contributed by atoms with Crippen LogP contribution in [0.3, 0.4) is 0 Å². The van der Waals surface area contributed by atoms with Gasteiger partial charge in [0.1, 0.15) is 0 Å². The van der Waals surface area contributed by atoms with E-state index in [0.717, 1.165) is 11.4 Å². The maximum Gasteiger partial charge on any atom is 0.316 e. The summed E-state index contributed by atoms with van der Waals surface area (Å²) >= 11 is 0. The second-order valence-corrected chi connectivity index (χ2v) is 5.82. The summed E-state index contributed by atoms with van der Waals surface area (Å²) < 4.78 is 1.75. The fourth-order valence-electron chi connectivity index (χ4n) is 2.80. The third kappa shape index (κ3) is 3.56. The fourth-order valence-corrected chi connectivity index (χ4v) is 2.80. The number of aryl methyl sites for hydroxylation is 1. The Kier molecular flexibility index (Phi) is 4.70. The molecule has 26 heavy (non-hydrogen) atoms. The second-order valence-electron chi connectivity index (χ2n) is 5.82. The Hall–Kier alpha value is -3.61. The number of hydrogen-bond acceptors (Lipinski definition) is 3. The molecule has 7 heteroatoms. The summed E-state index contributed by atoms with van der Waals surface area (Å²) in [5.41, 5.74) is 8.96. The van der Waals surface area contributed by atoms with E-state index < -0.39 is 6.03 Å². The van der Waals surface area contributed by atoms with Gasteiger partial charge in [0.2, 0.25) is 0 Å². The standard InChI is InChI=1S/C19H19N5O2/c1-12-17(13(2)24(23-12)16-9-4-3-5-10-16)18(25)21-14-7-6-8-15(11-14)22-19(20)26/h3-11H,1-2H3,(H,21,25)(H3,20,22,26). The van der Waals surface area contributed by atoms with E-state index in [9.17, 15) is 9.59 Å². The Bertz CT molecular complexity index is 963. The lowest BCUT2D eigenvalue weighted by molar-refractivity contribution is 0.102. The van der Waals surface area contributed by atoms with Gasteiger partial charge in [-0.25, -0.2) is 9.48 Å². The number of nitrogens with two attached hydrogens (primary N) is 1. The molecule has 132 valence electrons. The number of anilines is 2. The third-order valence-corrected chi connectivity index (χ3v) is 3.91. The second kappa shape index (κ2) is 7.10. The van der Waals surface area contributed by atoms with Crippen molar-refractivity contribution in [3.05, 3.63) is 71.5 Å². The maximum absolute atomic E-state index is 12.8. The number of rotatable bonds is 4. The van der Waals surface area contributed by atoms with Gasteiger partial charge in [-0.2, -0.15) is 5.10 Å². The highest BCUT2D eigenvalue weighted by Gasteiger charge is 2.19. The SMILES string of the molecule is Cc1nn(-c2ccccc2)c(C)c1C(=O)Nc1cccc(NC(N)=O)c1. The molecule has 0 atom stereocenters. The van der Waals surface area contributed by atoms with Crippen LogP contribution in [0.2, 0.25) is 0 Å². The van der Waals surface area contributed by atoms with Gasteiger partial charge in [0.15, 0.2) is 0 Å². The third-order valence-electron chi connectivity index (χ3n) is 3.91. The van der Waals surface area contributed by atoms with Crippen molar-refractivity contribution in [2.45, 2.75) is 13.8 Å². The molecule has 0 aliphatic heterocycles. The van der Waals surface area contributed by atoms with Crippen molar-refractivity contribution in [3.8, 4) is 5.69 Å². The first-order valence-corrected chi connectivity index (χ1v) is 8.05. The van der Waals surface area contributed by atoms with Crippen LogP contribution in [0.4, 0.5) is 16.2 Å². The number of carbonyl (C=O) groups excluding carboxylic acids is 2. The van der Waals surface area contributed by atoms with Crippen LogP contribution in [-0.2, 0) is 0 Å². The number of hydrogen-bond donors (Lipinski definition) is 3. The molecule has 1 aromatic heterocycles. The molecule has 3 amide bonds. The van der Waals surface area contributed by atoms with Crippen LogP contribution in [0, 0.1) is 13.8 Å². The Morgan fingerprint density at radius 1 is 0.962 bits per heavy atom. The first-order valence-electron chi connectivity index (χ1n) is 8.05. The van der Waals surface area contributed by atoms with Gasteiger partial charge in [0.25, 0.3) is 5.91 Å². The predicted octanol–water partition coefficient (Wildman–Crippen LogP) is 3.23. The van der Waals surface area contributed by atoms with Crippen LogP contribution in [0.5, 0.6) is 0 Å². The lowest BCUT2D eigenvalue weighted by Gasteiger charge is -2.08. The number of aromatic nitrogens is 2. The molecule has 0 unspecified atom stereocenters. The Morgan fingerprint density at radius 3 is 2.27 bits per heavy atom. The first-order chi connectivity index (χ1) is 12.5. The summed E-state index contributed by atoms with van der Waals surface area (Å²) in [6.07, 6.45) is 0. The van der Waals surface area contributed by atoms with Gasteiger partial charge in [-0.05, 0) is 44.2 Å². The molecular weight excluding hydrogens is 330 g/mol. The van der Waals surface area contributed by atoms with Crippen molar-refractivity contribution in [1.82, 2.24) is 9.78 Å². The molecule has 0 spiro atoms. The topological polar surface area (TPSA) is 102 Å². The molecule has 0 radical (unpaired) electrons. The molecule has 0 bridgehead atoms. The van der Waals surface area contributed by atoms with Crippen LogP contribution in [-0.4, -0.2) is 21.7 Å². The lowest BCUT2D eigenvalue weighted by atomic mass is 10.1. The predicted molar refractivity (Wildman–Crippen MR) is 101 cm³/mol. The summed E-state index contributed by atoms with van der Waals surface area (Å²) in [5, 5.41) is 9.79. The highest BCUT2D eigenvalue weighted by Crippen LogP contribution is 2.21. The number of primary amides is 1. The van der Waals surface area contributed by atoms with Crippen molar-refractivity contribution in [3.63, 3.8) is 0 Å². The molecule has 0 fully saturated rings. The van der Waals surface area contributed by atoms with E-state index in [2.05, 4.69) is 15.7 Å². The van der Waals surface area contributed by atoms with Crippen LogP contribution in [0.15, 0.2) is 54.6 Å². The van der Waals surface area contributed by atoms with Crippen molar-refractivity contribution in [2.75, 3.05) is 10.6 Å². The summed E-state index contributed by atoms with van der Waals surface area (Å²) in [7, 11) is 0. The van der Waals surface area contributed by atoms with Gasteiger partial charge in [-0.15, -0.1) is 0 Å². The molecule has 2 aromatic carbocycles. The van der Waals surface area contributed by atoms with Crippen molar-refractivity contribution in [2.24, 2.45) is 5.73 Å². The number of amides is 3. The van der Waals surface area contributed by atoms with Crippen LogP contribution in [0.25, 0.3) is 5.69 Å². The Labute approximate surface area is 150 Å². The van der Waals surface area contributed by atoms with Crippen LogP contribution < -0.4 is 16.4 Å². The monoisotopic (exact) mass is 349 g/mol. The van der Waals surface area contributed by atoms with Crippen LogP contribution in [0.1, 0.15) is 21.7 Å². The molecule has 0 aliphatic carbocycles. The average Bonchev–Trinajstić information content (AvgIpc) is 2.90. The largest absolute Gasteiger partial charge is 0.351 e. The zero-order chi connectivity index (χ0) is 18.7. The summed E-state index contributed by atoms with van der Waals surface area (Å²) in [5.74, 6) is -0.265. The molecular formula is C19H19N5O2. The molecule has 3 rings (SSSR count). The molecule has 0 saturated heterocycles. The quantitative estimate of drug-likeness (QED) is 0.674. The van der Waals surface area contributed by atoms with Crippen molar-refractivity contribution in [1.29, 1.82) is 0 Å². The summed E-state index contributed by atoms with van der Waals surface area (Å²) in [6, 6.07) is 15.7. The molecule has 3 aromatic rings. The zero-order valence-electron chi connectivity index (χ0n) is 14.5. The normalized spacial score (nSPS) is 10.4. The minimum atomic E-state index is -0.663. The van der Waals surface area contributed by atoms with E-state index in [1.165, 1.54) is 0 Å². The molecule has 1 heterocycles. The summed E-state index contributed by atoms with van der Waals surface area (Å²) in [4.78, 5) is 23.7.